The first kappa shape index (κ1) is 19.6. The fraction of sp³-hybridized carbons (Fsp3) is 0.368. The van der Waals surface area contributed by atoms with Gasteiger partial charge < -0.3 is 15.2 Å². The number of carbonyl (C=O) groups is 1. The minimum absolute atomic E-state index is 0.0179. The van der Waals surface area contributed by atoms with Crippen LogP contribution in [0.4, 0.5) is 5.82 Å². The molecule has 0 fully saturated rings. The molecular weight excluding hydrogens is 387 g/mol. The van der Waals surface area contributed by atoms with Gasteiger partial charge in [0.15, 0.2) is 0 Å². The number of fused-ring (bicyclic) bond motifs is 1. The SMILES string of the molecule is CCN1CC(c2cc(Cl)cc(Cl)c2)=Cc2[nH]c(=O)n(CC(=O)NC(C)C)c21. The van der Waals surface area contributed by atoms with Crippen LogP contribution in [0.5, 0.6) is 0 Å². The van der Waals surface area contributed by atoms with Crippen molar-refractivity contribution < 1.29 is 4.79 Å². The average molecular weight is 409 g/mol. The Morgan fingerprint density at radius 3 is 2.52 bits per heavy atom. The number of H-pyrrole nitrogens is 1. The molecule has 1 amide bonds. The van der Waals surface area contributed by atoms with Gasteiger partial charge in [0.25, 0.3) is 0 Å². The highest BCUT2D eigenvalue weighted by molar-refractivity contribution is 6.35. The molecule has 0 bridgehead atoms. The molecule has 0 saturated heterocycles. The Hall–Kier alpha value is -2.18. The standard InChI is InChI=1S/C19H22Cl2N4O2/c1-4-24-9-13(12-5-14(20)8-15(21)6-12)7-16-18(24)25(19(27)23-16)10-17(26)22-11(2)3/h5-8,11H,4,9-10H2,1-3H3,(H,22,26)(H,23,27). The monoisotopic (exact) mass is 408 g/mol. The third kappa shape index (κ3) is 4.22. The quantitative estimate of drug-likeness (QED) is 0.796. The second kappa shape index (κ2) is 7.82. The van der Waals surface area contributed by atoms with Gasteiger partial charge in [-0.2, -0.15) is 0 Å². The molecule has 2 heterocycles. The summed E-state index contributed by atoms with van der Waals surface area (Å²) >= 11 is 12.3. The molecule has 6 nitrogen and oxygen atoms in total. The van der Waals surface area contributed by atoms with Gasteiger partial charge in [-0.1, -0.05) is 23.2 Å². The molecular formula is C19H22Cl2N4O2. The number of benzene rings is 1. The van der Waals surface area contributed by atoms with Crippen LogP contribution in [0.3, 0.4) is 0 Å². The number of likely N-dealkylation sites (N-methyl/N-ethyl adjacent to an activating group) is 1. The fourth-order valence-corrected chi connectivity index (χ4v) is 3.78. The number of nitrogens with zero attached hydrogens (tertiary/aromatic N) is 2. The van der Waals surface area contributed by atoms with Crippen molar-refractivity contribution in [2.75, 3.05) is 18.0 Å². The first-order valence-corrected chi connectivity index (χ1v) is 9.58. The molecule has 3 rings (SSSR count). The zero-order valence-electron chi connectivity index (χ0n) is 15.5. The summed E-state index contributed by atoms with van der Waals surface area (Å²) in [5.41, 5.74) is 2.27. The van der Waals surface area contributed by atoms with E-state index in [1.807, 2.05) is 39.0 Å². The maximum absolute atomic E-state index is 12.5. The number of amides is 1. The van der Waals surface area contributed by atoms with Crippen molar-refractivity contribution in [2.45, 2.75) is 33.4 Å². The van der Waals surface area contributed by atoms with Crippen LogP contribution in [0.15, 0.2) is 23.0 Å². The maximum atomic E-state index is 12.5. The molecule has 144 valence electrons. The number of hydrogen-bond acceptors (Lipinski definition) is 3. The summed E-state index contributed by atoms with van der Waals surface area (Å²) in [7, 11) is 0. The van der Waals surface area contributed by atoms with E-state index in [4.69, 9.17) is 23.2 Å². The third-order valence-electron chi connectivity index (χ3n) is 4.33. The summed E-state index contributed by atoms with van der Waals surface area (Å²) in [5.74, 6) is 0.527. The van der Waals surface area contributed by atoms with Gasteiger partial charge in [-0.15, -0.1) is 0 Å². The first-order chi connectivity index (χ1) is 12.8. The van der Waals surface area contributed by atoms with E-state index in [0.29, 0.717) is 28.8 Å². The smallest absolute Gasteiger partial charge is 0.328 e. The van der Waals surface area contributed by atoms with Gasteiger partial charge in [-0.25, -0.2) is 4.79 Å². The number of halogens is 2. The molecule has 2 aromatic rings. The Morgan fingerprint density at radius 2 is 1.93 bits per heavy atom. The van der Waals surface area contributed by atoms with Crippen molar-refractivity contribution in [3.05, 3.63) is 50.0 Å². The van der Waals surface area contributed by atoms with Crippen molar-refractivity contribution in [3.63, 3.8) is 0 Å². The van der Waals surface area contributed by atoms with Crippen molar-refractivity contribution >= 4 is 46.6 Å². The summed E-state index contributed by atoms with van der Waals surface area (Å²) in [4.78, 5) is 29.6. The molecule has 1 aromatic heterocycles. The van der Waals surface area contributed by atoms with E-state index in [0.717, 1.165) is 17.0 Å². The number of rotatable bonds is 5. The minimum atomic E-state index is -0.306. The van der Waals surface area contributed by atoms with Gasteiger partial charge in [-0.05, 0) is 56.2 Å². The zero-order chi connectivity index (χ0) is 19.7. The lowest BCUT2D eigenvalue weighted by Gasteiger charge is -2.29. The van der Waals surface area contributed by atoms with Crippen LogP contribution in [-0.2, 0) is 11.3 Å². The van der Waals surface area contributed by atoms with Crippen LogP contribution < -0.4 is 15.9 Å². The van der Waals surface area contributed by atoms with Crippen molar-refractivity contribution in [1.82, 2.24) is 14.9 Å². The van der Waals surface area contributed by atoms with Crippen molar-refractivity contribution in [3.8, 4) is 0 Å². The summed E-state index contributed by atoms with van der Waals surface area (Å²) in [6, 6.07) is 5.40. The maximum Gasteiger partial charge on any atom is 0.328 e. The predicted molar refractivity (Wildman–Crippen MR) is 111 cm³/mol. The van der Waals surface area contributed by atoms with Crippen LogP contribution >= 0.6 is 23.2 Å². The number of imidazole rings is 1. The molecule has 0 aliphatic carbocycles. The Morgan fingerprint density at radius 1 is 1.26 bits per heavy atom. The van der Waals surface area contributed by atoms with Crippen LogP contribution in [-0.4, -0.2) is 34.6 Å². The zero-order valence-corrected chi connectivity index (χ0v) is 17.0. The molecule has 2 N–H and O–H groups in total. The molecule has 1 aliphatic rings. The summed E-state index contributed by atoms with van der Waals surface area (Å²) in [6.07, 6.45) is 1.92. The number of nitrogens with one attached hydrogen (secondary N) is 2. The number of aromatic amines is 1. The number of carbonyl (C=O) groups excluding carboxylic acids is 1. The van der Waals surface area contributed by atoms with Crippen LogP contribution in [0, 0.1) is 0 Å². The lowest BCUT2D eigenvalue weighted by atomic mass is 10.0. The lowest BCUT2D eigenvalue weighted by Crippen LogP contribution is -2.37. The van der Waals surface area contributed by atoms with E-state index in [-0.39, 0.29) is 24.2 Å². The van der Waals surface area contributed by atoms with E-state index >= 15 is 0 Å². The topological polar surface area (TPSA) is 70.1 Å². The minimum Gasteiger partial charge on any atom is -0.352 e. The highest BCUT2D eigenvalue weighted by Crippen LogP contribution is 2.33. The van der Waals surface area contributed by atoms with Crippen LogP contribution in [0.2, 0.25) is 10.0 Å². The summed E-state index contributed by atoms with van der Waals surface area (Å²) in [6.45, 7) is 7.03. The Labute approximate surface area is 167 Å². The normalized spacial score (nSPS) is 13.6. The van der Waals surface area contributed by atoms with E-state index in [9.17, 15) is 9.59 Å². The van der Waals surface area contributed by atoms with Crippen molar-refractivity contribution in [2.24, 2.45) is 0 Å². The summed E-state index contributed by atoms with van der Waals surface area (Å²) < 4.78 is 1.48. The molecule has 0 unspecified atom stereocenters. The van der Waals surface area contributed by atoms with E-state index < -0.39 is 0 Å². The average Bonchev–Trinajstić information content (AvgIpc) is 2.88. The molecule has 0 saturated carbocycles. The first-order valence-electron chi connectivity index (χ1n) is 8.82. The van der Waals surface area contributed by atoms with Gasteiger partial charge in [-0.3, -0.25) is 9.36 Å². The highest BCUT2D eigenvalue weighted by atomic mass is 35.5. The Kier molecular flexibility index (Phi) is 5.67. The molecule has 1 aliphatic heterocycles. The lowest BCUT2D eigenvalue weighted by molar-refractivity contribution is -0.122. The highest BCUT2D eigenvalue weighted by Gasteiger charge is 2.25. The largest absolute Gasteiger partial charge is 0.352 e. The third-order valence-corrected chi connectivity index (χ3v) is 4.77. The Bertz CT molecular complexity index is 939. The van der Waals surface area contributed by atoms with E-state index in [2.05, 4.69) is 15.2 Å². The molecule has 8 heteroatoms. The molecule has 0 atom stereocenters. The summed E-state index contributed by atoms with van der Waals surface area (Å²) in [5, 5.41) is 3.94. The van der Waals surface area contributed by atoms with E-state index in [1.54, 1.807) is 6.07 Å². The fourth-order valence-electron chi connectivity index (χ4n) is 3.26. The molecule has 0 radical (unpaired) electrons. The van der Waals surface area contributed by atoms with Crippen molar-refractivity contribution in [1.29, 1.82) is 0 Å². The van der Waals surface area contributed by atoms with Crippen LogP contribution in [0.25, 0.3) is 11.6 Å². The second-order valence-electron chi connectivity index (χ2n) is 6.82. The number of anilines is 1. The van der Waals surface area contributed by atoms with Gasteiger partial charge in [0.1, 0.15) is 12.4 Å². The van der Waals surface area contributed by atoms with Gasteiger partial charge in [0.05, 0.1) is 5.69 Å². The number of hydrogen-bond donors (Lipinski definition) is 2. The van der Waals surface area contributed by atoms with Gasteiger partial charge >= 0.3 is 5.69 Å². The second-order valence-corrected chi connectivity index (χ2v) is 7.69. The predicted octanol–water partition coefficient (Wildman–Crippen LogP) is 3.39. The van der Waals surface area contributed by atoms with E-state index in [1.165, 1.54) is 4.57 Å². The van der Waals surface area contributed by atoms with Gasteiger partial charge in [0, 0.05) is 29.2 Å². The number of aromatic nitrogens is 2. The molecule has 0 spiro atoms. The Balaban J connectivity index is 2.02. The molecule has 1 aromatic carbocycles. The van der Waals surface area contributed by atoms with Crippen LogP contribution in [0.1, 0.15) is 32.0 Å². The van der Waals surface area contributed by atoms with Gasteiger partial charge in [0.2, 0.25) is 5.91 Å². The molecule has 27 heavy (non-hydrogen) atoms.